The van der Waals surface area contributed by atoms with Crippen molar-refractivity contribution in [1.29, 1.82) is 0 Å². The lowest BCUT2D eigenvalue weighted by Gasteiger charge is -2.12. The van der Waals surface area contributed by atoms with Crippen molar-refractivity contribution in [3.8, 4) is 0 Å². The standard InChI is InChI=1S/C23H15Cl3N2O2S/c1-12-2-8-16-19(10-12)31-21(20(16)26)23(30)28-18-9-5-14(25)11-17(18)22(29)27-15-6-3-13(24)4-7-15/h2-11H,1H3,(H,27,29)(H,28,30). The van der Waals surface area contributed by atoms with Crippen molar-refractivity contribution in [1.82, 2.24) is 0 Å². The average Bonchev–Trinajstić information content (AvgIpc) is 3.06. The monoisotopic (exact) mass is 488 g/mol. The zero-order valence-electron chi connectivity index (χ0n) is 16.1. The molecular weight excluding hydrogens is 475 g/mol. The Kier molecular flexibility index (Phi) is 6.21. The Morgan fingerprint density at radius 3 is 2.26 bits per heavy atom. The highest BCUT2D eigenvalue weighted by atomic mass is 35.5. The van der Waals surface area contributed by atoms with Gasteiger partial charge in [0, 0.05) is 25.8 Å². The summed E-state index contributed by atoms with van der Waals surface area (Å²) in [6.07, 6.45) is 0. The summed E-state index contributed by atoms with van der Waals surface area (Å²) in [5.74, 6) is -0.815. The molecule has 0 unspecified atom stereocenters. The Bertz CT molecular complexity index is 1320. The van der Waals surface area contributed by atoms with Crippen LogP contribution in [0.1, 0.15) is 25.6 Å². The van der Waals surface area contributed by atoms with Crippen molar-refractivity contribution in [2.75, 3.05) is 10.6 Å². The molecule has 156 valence electrons. The minimum Gasteiger partial charge on any atom is -0.322 e. The Morgan fingerprint density at radius 1 is 0.806 bits per heavy atom. The van der Waals surface area contributed by atoms with Gasteiger partial charge in [0.2, 0.25) is 0 Å². The Labute approximate surface area is 197 Å². The van der Waals surface area contributed by atoms with Gasteiger partial charge in [-0.2, -0.15) is 0 Å². The van der Waals surface area contributed by atoms with E-state index in [9.17, 15) is 9.59 Å². The van der Waals surface area contributed by atoms with E-state index in [1.54, 1.807) is 36.4 Å². The topological polar surface area (TPSA) is 58.2 Å². The molecule has 0 saturated heterocycles. The van der Waals surface area contributed by atoms with Gasteiger partial charge in [-0.15, -0.1) is 11.3 Å². The van der Waals surface area contributed by atoms with Crippen LogP contribution in [-0.2, 0) is 0 Å². The lowest BCUT2D eigenvalue weighted by Crippen LogP contribution is -2.18. The van der Waals surface area contributed by atoms with E-state index in [2.05, 4.69) is 10.6 Å². The summed E-state index contributed by atoms with van der Waals surface area (Å²) in [7, 11) is 0. The number of carbonyl (C=O) groups excluding carboxylic acids is 2. The predicted octanol–water partition coefficient (Wildman–Crippen LogP) is 7.67. The van der Waals surface area contributed by atoms with Crippen molar-refractivity contribution >= 4 is 79.4 Å². The summed E-state index contributed by atoms with van der Waals surface area (Å²) in [4.78, 5) is 26.2. The van der Waals surface area contributed by atoms with Gasteiger partial charge >= 0.3 is 0 Å². The van der Waals surface area contributed by atoms with E-state index in [-0.39, 0.29) is 5.56 Å². The van der Waals surface area contributed by atoms with Gasteiger partial charge in [-0.1, -0.05) is 46.9 Å². The van der Waals surface area contributed by atoms with Crippen LogP contribution in [0.25, 0.3) is 10.1 Å². The number of amides is 2. The Morgan fingerprint density at radius 2 is 1.52 bits per heavy atom. The van der Waals surface area contributed by atoms with Gasteiger partial charge in [0.1, 0.15) is 4.88 Å². The number of carbonyl (C=O) groups is 2. The number of benzene rings is 3. The number of halogens is 3. The molecule has 8 heteroatoms. The van der Waals surface area contributed by atoms with Crippen LogP contribution < -0.4 is 10.6 Å². The van der Waals surface area contributed by atoms with Crippen LogP contribution in [0.5, 0.6) is 0 Å². The summed E-state index contributed by atoms with van der Waals surface area (Å²) < 4.78 is 0.923. The molecule has 0 spiro atoms. The van der Waals surface area contributed by atoms with Crippen LogP contribution in [-0.4, -0.2) is 11.8 Å². The van der Waals surface area contributed by atoms with Crippen LogP contribution in [0.15, 0.2) is 60.7 Å². The van der Waals surface area contributed by atoms with E-state index in [1.807, 2.05) is 25.1 Å². The number of nitrogens with one attached hydrogen (secondary N) is 2. The van der Waals surface area contributed by atoms with E-state index in [0.717, 1.165) is 15.6 Å². The lowest BCUT2D eigenvalue weighted by molar-refractivity contribution is 0.102. The second-order valence-corrected chi connectivity index (χ2v) is 9.15. The molecule has 1 aromatic heterocycles. The quantitative estimate of drug-likeness (QED) is 0.309. The van der Waals surface area contributed by atoms with Crippen LogP contribution in [0.2, 0.25) is 15.1 Å². The highest BCUT2D eigenvalue weighted by molar-refractivity contribution is 7.21. The number of hydrogen-bond acceptors (Lipinski definition) is 3. The van der Waals surface area contributed by atoms with Crippen molar-refractivity contribution in [2.45, 2.75) is 6.92 Å². The molecule has 0 radical (unpaired) electrons. The van der Waals surface area contributed by atoms with Crippen LogP contribution >= 0.6 is 46.1 Å². The second kappa shape index (κ2) is 8.89. The maximum Gasteiger partial charge on any atom is 0.267 e. The van der Waals surface area contributed by atoms with Gasteiger partial charge in [-0.3, -0.25) is 9.59 Å². The molecule has 2 amide bonds. The first kappa shape index (κ1) is 21.7. The van der Waals surface area contributed by atoms with E-state index >= 15 is 0 Å². The summed E-state index contributed by atoms with van der Waals surface area (Å²) in [5, 5.41) is 7.70. The highest BCUT2D eigenvalue weighted by Gasteiger charge is 2.20. The molecule has 0 aliphatic rings. The predicted molar refractivity (Wildman–Crippen MR) is 130 cm³/mol. The first-order valence-corrected chi connectivity index (χ1v) is 11.1. The molecule has 3 aromatic carbocycles. The number of thiophene rings is 1. The average molecular weight is 490 g/mol. The first-order valence-electron chi connectivity index (χ1n) is 9.18. The maximum absolute atomic E-state index is 13.0. The van der Waals surface area contributed by atoms with Gasteiger partial charge in [0.05, 0.1) is 16.3 Å². The molecule has 0 bridgehead atoms. The van der Waals surface area contributed by atoms with Crippen molar-refractivity contribution in [3.05, 3.63) is 91.7 Å². The largest absolute Gasteiger partial charge is 0.322 e. The number of anilines is 2. The molecule has 0 fully saturated rings. The number of hydrogen-bond donors (Lipinski definition) is 2. The number of fused-ring (bicyclic) bond motifs is 1. The summed E-state index contributed by atoms with van der Waals surface area (Å²) in [6.45, 7) is 1.98. The Balaban J connectivity index is 1.63. The summed E-state index contributed by atoms with van der Waals surface area (Å²) in [5.41, 5.74) is 2.19. The van der Waals surface area contributed by atoms with Crippen molar-refractivity contribution in [3.63, 3.8) is 0 Å². The first-order chi connectivity index (χ1) is 14.8. The third-order valence-electron chi connectivity index (χ3n) is 4.57. The molecule has 4 nitrogen and oxygen atoms in total. The van der Waals surface area contributed by atoms with Gasteiger partial charge in [-0.25, -0.2) is 0 Å². The molecule has 2 N–H and O–H groups in total. The highest BCUT2D eigenvalue weighted by Crippen LogP contribution is 2.36. The normalized spacial score (nSPS) is 10.8. The van der Waals surface area contributed by atoms with Crippen molar-refractivity contribution < 1.29 is 9.59 Å². The fourth-order valence-electron chi connectivity index (χ4n) is 3.04. The third kappa shape index (κ3) is 4.70. The minimum atomic E-state index is -0.418. The molecule has 0 saturated carbocycles. The zero-order chi connectivity index (χ0) is 22.1. The number of aryl methyl sites for hydroxylation is 1. The van der Waals surface area contributed by atoms with E-state index < -0.39 is 11.8 Å². The fraction of sp³-hybridized carbons (Fsp3) is 0.0435. The molecule has 4 rings (SSSR count). The van der Waals surface area contributed by atoms with Gasteiger partial charge in [0.25, 0.3) is 11.8 Å². The molecule has 4 aromatic rings. The second-order valence-electron chi connectivity index (χ2n) is 6.85. The van der Waals surface area contributed by atoms with Crippen LogP contribution in [0.4, 0.5) is 11.4 Å². The number of rotatable bonds is 4. The lowest BCUT2D eigenvalue weighted by atomic mass is 10.1. The van der Waals surface area contributed by atoms with Gasteiger partial charge < -0.3 is 10.6 Å². The van der Waals surface area contributed by atoms with Crippen molar-refractivity contribution in [2.24, 2.45) is 0 Å². The fourth-order valence-corrected chi connectivity index (χ4v) is 4.85. The van der Waals surface area contributed by atoms with E-state index in [4.69, 9.17) is 34.8 Å². The maximum atomic E-state index is 13.0. The van der Waals surface area contributed by atoms with Crippen LogP contribution in [0, 0.1) is 6.92 Å². The molecule has 1 heterocycles. The van der Waals surface area contributed by atoms with E-state index in [0.29, 0.717) is 31.3 Å². The summed E-state index contributed by atoms with van der Waals surface area (Å²) >= 11 is 19.8. The van der Waals surface area contributed by atoms with Gasteiger partial charge in [-0.05, 0) is 61.0 Å². The smallest absolute Gasteiger partial charge is 0.267 e. The van der Waals surface area contributed by atoms with Crippen LogP contribution in [0.3, 0.4) is 0 Å². The molecule has 0 aliphatic carbocycles. The minimum absolute atomic E-state index is 0.226. The zero-order valence-corrected chi connectivity index (χ0v) is 19.2. The molecule has 0 atom stereocenters. The molecule has 0 aliphatic heterocycles. The van der Waals surface area contributed by atoms with E-state index in [1.165, 1.54) is 17.4 Å². The Hall–Kier alpha value is -2.57. The van der Waals surface area contributed by atoms with Gasteiger partial charge in [0.15, 0.2) is 0 Å². The summed E-state index contributed by atoms with van der Waals surface area (Å²) in [6, 6.07) is 17.2. The molecular formula is C23H15Cl3N2O2S. The molecule has 31 heavy (non-hydrogen) atoms. The third-order valence-corrected chi connectivity index (χ3v) is 6.71. The SMILES string of the molecule is Cc1ccc2c(Cl)c(C(=O)Nc3ccc(Cl)cc3C(=O)Nc3ccc(Cl)cc3)sc2c1.